The van der Waals surface area contributed by atoms with Crippen LogP contribution in [0, 0.1) is 0 Å². The zero-order valence-electron chi connectivity index (χ0n) is 9.88. The van der Waals surface area contributed by atoms with Crippen molar-refractivity contribution >= 4 is 33.4 Å². The Morgan fingerprint density at radius 3 is 1.56 bits per heavy atom. The normalized spacial score (nSPS) is 9.88. The summed E-state index contributed by atoms with van der Waals surface area (Å²) in [5.74, 6) is 0.888. The molecule has 0 fully saturated rings. The smallest absolute Gasteiger partial charge is 0.230 e. The Kier molecular flexibility index (Phi) is 10.9. The highest BCUT2D eigenvalue weighted by Crippen LogP contribution is 2.19. The summed E-state index contributed by atoms with van der Waals surface area (Å²) in [4.78, 5) is 22.3. The lowest BCUT2D eigenvalue weighted by atomic mass is 10.5. The van der Waals surface area contributed by atoms with Crippen LogP contribution < -0.4 is 10.6 Å². The van der Waals surface area contributed by atoms with Crippen molar-refractivity contribution in [1.29, 1.82) is 0 Å². The van der Waals surface area contributed by atoms with Gasteiger partial charge in [0.15, 0.2) is 0 Å². The molecule has 2 amide bonds. The molecule has 0 heterocycles. The molecule has 0 rings (SSSR count). The van der Waals surface area contributed by atoms with Crippen LogP contribution in [0.5, 0.6) is 0 Å². The average molecular weight is 264 g/mol. The van der Waals surface area contributed by atoms with Crippen LogP contribution in [0.2, 0.25) is 0 Å². The number of carbonyl (C=O) groups excluding carboxylic acids is 2. The molecule has 0 unspecified atom stereocenters. The molecule has 0 aliphatic carbocycles. The number of hydrogen-bond acceptors (Lipinski definition) is 4. The standard InChI is InChI=1S/C10H20N2O2S2/c1-3-5-11-9(13)7-15-16-8-10(14)12-6-4-2/h3-8H2,1-2H3,(H,11,13)(H,12,14). The van der Waals surface area contributed by atoms with Gasteiger partial charge in [0, 0.05) is 13.1 Å². The summed E-state index contributed by atoms with van der Waals surface area (Å²) >= 11 is 0. The predicted octanol–water partition coefficient (Wildman–Crippen LogP) is 1.42. The molecular weight excluding hydrogens is 244 g/mol. The van der Waals surface area contributed by atoms with E-state index in [1.165, 1.54) is 21.6 Å². The first kappa shape index (κ1) is 15.6. The maximum Gasteiger partial charge on any atom is 0.230 e. The maximum atomic E-state index is 11.2. The Balaban J connectivity index is 3.31. The molecule has 0 spiro atoms. The van der Waals surface area contributed by atoms with E-state index >= 15 is 0 Å². The molecule has 2 N–H and O–H groups in total. The highest BCUT2D eigenvalue weighted by molar-refractivity contribution is 8.77. The summed E-state index contributed by atoms with van der Waals surface area (Å²) in [6, 6.07) is 0. The van der Waals surface area contributed by atoms with Gasteiger partial charge in [-0.3, -0.25) is 9.59 Å². The van der Waals surface area contributed by atoms with Crippen molar-refractivity contribution in [2.24, 2.45) is 0 Å². The summed E-state index contributed by atoms with van der Waals surface area (Å²) in [5.41, 5.74) is 0. The maximum absolute atomic E-state index is 11.2. The molecule has 0 aliphatic rings. The minimum atomic E-state index is 0.0355. The third kappa shape index (κ3) is 10.2. The quantitative estimate of drug-likeness (QED) is 0.488. The van der Waals surface area contributed by atoms with Crippen molar-refractivity contribution in [3.8, 4) is 0 Å². The Hall–Kier alpha value is -0.360. The van der Waals surface area contributed by atoms with Gasteiger partial charge in [-0.1, -0.05) is 35.4 Å². The molecule has 6 heteroatoms. The predicted molar refractivity (Wildman–Crippen MR) is 71.5 cm³/mol. The molecular formula is C10H20N2O2S2. The highest BCUT2D eigenvalue weighted by atomic mass is 33.1. The van der Waals surface area contributed by atoms with Crippen molar-refractivity contribution in [2.45, 2.75) is 26.7 Å². The van der Waals surface area contributed by atoms with Gasteiger partial charge < -0.3 is 10.6 Å². The van der Waals surface area contributed by atoms with Crippen LogP contribution in [0.25, 0.3) is 0 Å². The lowest BCUT2D eigenvalue weighted by Crippen LogP contribution is -2.26. The van der Waals surface area contributed by atoms with E-state index in [2.05, 4.69) is 10.6 Å². The molecule has 0 saturated heterocycles. The van der Waals surface area contributed by atoms with Gasteiger partial charge in [0.25, 0.3) is 0 Å². The van der Waals surface area contributed by atoms with Crippen molar-refractivity contribution < 1.29 is 9.59 Å². The number of carbonyl (C=O) groups is 2. The van der Waals surface area contributed by atoms with E-state index in [1.807, 2.05) is 13.8 Å². The molecule has 0 radical (unpaired) electrons. The van der Waals surface area contributed by atoms with Gasteiger partial charge in [0.1, 0.15) is 0 Å². The third-order valence-electron chi connectivity index (χ3n) is 1.61. The van der Waals surface area contributed by atoms with Crippen molar-refractivity contribution in [1.82, 2.24) is 10.6 Å². The molecule has 0 aromatic carbocycles. The van der Waals surface area contributed by atoms with Crippen LogP contribution in [0.4, 0.5) is 0 Å². The van der Waals surface area contributed by atoms with Gasteiger partial charge >= 0.3 is 0 Å². The molecule has 0 bridgehead atoms. The van der Waals surface area contributed by atoms with Gasteiger partial charge in [0.05, 0.1) is 11.5 Å². The fraction of sp³-hybridized carbons (Fsp3) is 0.800. The largest absolute Gasteiger partial charge is 0.355 e. The van der Waals surface area contributed by atoms with E-state index in [-0.39, 0.29) is 11.8 Å². The average Bonchev–Trinajstić information content (AvgIpc) is 2.29. The lowest BCUT2D eigenvalue weighted by Gasteiger charge is -2.03. The number of nitrogens with one attached hydrogen (secondary N) is 2. The molecule has 16 heavy (non-hydrogen) atoms. The van der Waals surface area contributed by atoms with Gasteiger partial charge in [-0.15, -0.1) is 0 Å². The molecule has 0 aromatic rings. The molecule has 4 nitrogen and oxygen atoms in total. The first-order valence-electron chi connectivity index (χ1n) is 5.48. The minimum absolute atomic E-state index is 0.0355. The second-order valence-corrected chi connectivity index (χ2v) is 5.69. The summed E-state index contributed by atoms with van der Waals surface area (Å²) in [5, 5.41) is 5.56. The van der Waals surface area contributed by atoms with E-state index in [0.29, 0.717) is 11.5 Å². The van der Waals surface area contributed by atoms with Crippen LogP contribution in [-0.4, -0.2) is 36.4 Å². The molecule has 0 aliphatic heterocycles. The first-order valence-corrected chi connectivity index (χ1v) is 7.97. The van der Waals surface area contributed by atoms with Crippen LogP contribution in [0.15, 0.2) is 0 Å². The molecule has 0 saturated carbocycles. The number of amides is 2. The summed E-state index contributed by atoms with van der Waals surface area (Å²) in [7, 11) is 2.83. The van der Waals surface area contributed by atoms with Gasteiger partial charge in [-0.2, -0.15) is 0 Å². The number of hydrogen-bond donors (Lipinski definition) is 2. The Morgan fingerprint density at radius 1 is 0.875 bits per heavy atom. The highest BCUT2D eigenvalue weighted by Gasteiger charge is 2.03. The lowest BCUT2D eigenvalue weighted by molar-refractivity contribution is -0.119. The molecule has 0 atom stereocenters. The molecule has 94 valence electrons. The van der Waals surface area contributed by atoms with E-state index in [0.717, 1.165) is 25.9 Å². The number of rotatable bonds is 9. The van der Waals surface area contributed by atoms with Crippen LogP contribution in [0.1, 0.15) is 26.7 Å². The van der Waals surface area contributed by atoms with Gasteiger partial charge in [0.2, 0.25) is 11.8 Å². The fourth-order valence-electron chi connectivity index (χ4n) is 0.821. The third-order valence-corrected chi connectivity index (χ3v) is 3.74. The Labute approximate surface area is 105 Å². The summed E-state index contributed by atoms with van der Waals surface area (Å²) in [6.07, 6.45) is 1.89. The van der Waals surface area contributed by atoms with E-state index in [1.54, 1.807) is 0 Å². The summed E-state index contributed by atoms with van der Waals surface area (Å²) < 4.78 is 0. The Morgan fingerprint density at radius 2 is 1.25 bits per heavy atom. The second kappa shape index (κ2) is 11.1. The summed E-state index contributed by atoms with van der Waals surface area (Å²) in [6.45, 7) is 5.47. The van der Waals surface area contributed by atoms with Crippen molar-refractivity contribution in [3.05, 3.63) is 0 Å². The van der Waals surface area contributed by atoms with Crippen LogP contribution in [-0.2, 0) is 9.59 Å². The first-order chi connectivity index (χ1) is 7.70. The van der Waals surface area contributed by atoms with Crippen molar-refractivity contribution in [2.75, 3.05) is 24.6 Å². The topological polar surface area (TPSA) is 58.2 Å². The SMILES string of the molecule is CCCNC(=O)CSSCC(=O)NCCC. The monoisotopic (exact) mass is 264 g/mol. The Bertz CT molecular complexity index is 191. The zero-order valence-corrected chi connectivity index (χ0v) is 11.5. The van der Waals surface area contributed by atoms with E-state index in [9.17, 15) is 9.59 Å². The fourth-order valence-corrected chi connectivity index (χ4v) is 2.55. The van der Waals surface area contributed by atoms with E-state index < -0.39 is 0 Å². The van der Waals surface area contributed by atoms with Gasteiger partial charge in [-0.25, -0.2) is 0 Å². The van der Waals surface area contributed by atoms with Crippen LogP contribution in [0.3, 0.4) is 0 Å². The van der Waals surface area contributed by atoms with Crippen molar-refractivity contribution in [3.63, 3.8) is 0 Å². The van der Waals surface area contributed by atoms with Gasteiger partial charge in [-0.05, 0) is 12.8 Å². The molecule has 0 aromatic heterocycles. The van der Waals surface area contributed by atoms with E-state index in [4.69, 9.17) is 0 Å². The zero-order chi connectivity index (χ0) is 12.2. The minimum Gasteiger partial charge on any atom is -0.355 e. The second-order valence-electron chi connectivity index (χ2n) is 3.22. The van der Waals surface area contributed by atoms with Crippen LogP contribution >= 0.6 is 21.6 Å².